The zero-order chi connectivity index (χ0) is 12.8. The van der Waals surface area contributed by atoms with Crippen LogP contribution in [0.5, 0.6) is 0 Å². The van der Waals surface area contributed by atoms with Gasteiger partial charge in [0, 0.05) is 45.8 Å². The van der Waals surface area contributed by atoms with Crippen LogP contribution in [-0.2, 0) is 0 Å². The third kappa shape index (κ3) is 4.50. The zero-order valence-electron chi connectivity index (χ0n) is 11.8. The lowest BCUT2D eigenvalue weighted by Crippen LogP contribution is -2.48. The van der Waals surface area contributed by atoms with E-state index < -0.39 is 5.60 Å². The fourth-order valence-corrected chi connectivity index (χ4v) is 3.02. The fourth-order valence-electron chi connectivity index (χ4n) is 3.02. The summed E-state index contributed by atoms with van der Waals surface area (Å²) in [6.07, 6.45) is 5.64. The van der Waals surface area contributed by atoms with Crippen molar-refractivity contribution in [3.05, 3.63) is 0 Å². The zero-order valence-corrected chi connectivity index (χ0v) is 11.8. The fraction of sp³-hybridized carbons (Fsp3) is 1.00. The van der Waals surface area contributed by atoms with Gasteiger partial charge in [0.05, 0.1) is 5.60 Å². The molecule has 1 saturated carbocycles. The van der Waals surface area contributed by atoms with Crippen molar-refractivity contribution in [3.63, 3.8) is 0 Å². The Morgan fingerprint density at radius 3 is 2.39 bits per heavy atom. The van der Waals surface area contributed by atoms with Crippen LogP contribution in [0.3, 0.4) is 0 Å². The Hall–Kier alpha value is -0.160. The molecule has 0 aromatic rings. The van der Waals surface area contributed by atoms with Gasteiger partial charge in [0.2, 0.25) is 0 Å². The van der Waals surface area contributed by atoms with Gasteiger partial charge in [-0.05, 0) is 19.9 Å². The minimum absolute atomic E-state index is 0.416. The van der Waals surface area contributed by atoms with Crippen LogP contribution in [0.15, 0.2) is 0 Å². The largest absolute Gasteiger partial charge is 0.389 e. The van der Waals surface area contributed by atoms with Crippen molar-refractivity contribution in [1.82, 2.24) is 15.1 Å². The van der Waals surface area contributed by atoms with Gasteiger partial charge in [-0.2, -0.15) is 0 Å². The number of nitrogens with one attached hydrogen (secondary N) is 1. The summed E-state index contributed by atoms with van der Waals surface area (Å²) in [4.78, 5) is 4.90. The van der Waals surface area contributed by atoms with Gasteiger partial charge in [-0.1, -0.05) is 19.3 Å². The molecular weight excluding hydrogens is 226 g/mol. The Morgan fingerprint density at radius 2 is 1.72 bits per heavy atom. The summed E-state index contributed by atoms with van der Waals surface area (Å²) in [6, 6.07) is 0. The molecular formula is C14H29N3O. The van der Waals surface area contributed by atoms with Gasteiger partial charge in [-0.15, -0.1) is 0 Å². The van der Waals surface area contributed by atoms with Crippen LogP contribution in [0.1, 0.15) is 32.1 Å². The van der Waals surface area contributed by atoms with Gasteiger partial charge in [0.15, 0.2) is 0 Å². The minimum Gasteiger partial charge on any atom is -0.389 e. The molecule has 4 nitrogen and oxygen atoms in total. The van der Waals surface area contributed by atoms with Crippen LogP contribution in [0.2, 0.25) is 0 Å². The molecule has 4 heteroatoms. The third-order valence-corrected chi connectivity index (χ3v) is 4.44. The molecule has 0 spiro atoms. The predicted octanol–water partition coefficient (Wildman–Crippen LogP) is 0.519. The maximum absolute atomic E-state index is 10.4. The standard InChI is InChI=1S/C14H29N3O/c1-16-9-11-17(12-10-16)8-7-15-13-14(18)5-3-2-4-6-14/h15,18H,2-13H2,1H3. The lowest BCUT2D eigenvalue weighted by Gasteiger charge is -2.34. The van der Waals surface area contributed by atoms with E-state index in [1.165, 1.54) is 45.4 Å². The lowest BCUT2D eigenvalue weighted by atomic mass is 9.85. The quantitative estimate of drug-likeness (QED) is 0.703. The smallest absolute Gasteiger partial charge is 0.0771 e. The molecule has 1 aliphatic heterocycles. The molecule has 2 fully saturated rings. The van der Waals surface area contributed by atoms with Crippen LogP contribution >= 0.6 is 0 Å². The first kappa shape index (κ1) is 14.3. The molecule has 0 radical (unpaired) electrons. The summed E-state index contributed by atoms with van der Waals surface area (Å²) >= 11 is 0. The average Bonchev–Trinajstić information content (AvgIpc) is 2.38. The van der Waals surface area contributed by atoms with Crippen molar-refractivity contribution in [2.45, 2.75) is 37.7 Å². The SMILES string of the molecule is CN1CCN(CCNCC2(O)CCCCC2)CC1. The van der Waals surface area contributed by atoms with Crippen molar-refractivity contribution in [3.8, 4) is 0 Å². The van der Waals surface area contributed by atoms with Crippen molar-refractivity contribution >= 4 is 0 Å². The molecule has 0 atom stereocenters. The number of likely N-dealkylation sites (N-methyl/N-ethyl adjacent to an activating group) is 1. The first-order chi connectivity index (χ1) is 8.68. The normalized spacial score (nSPS) is 26.3. The van der Waals surface area contributed by atoms with Crippen LogP contribution in [-0.4, -0.2) is 73.4 Å². The second kappa shape index (κ2) is 6.85. The van der Waals surface area contributed by atoms with Gasteiger partial charge in [0.25, 0.3) is 0 Å². The van der Waals surface area contributed by atoms with E-state index in [2.05, 4.69) is 22.2 Å². The molecule has 0 bridgehead atoms. The number of rotatable bonds is 5. The molecule has 0 aromatic carbocycles. The Balaban J connectivity index is 1.55. The second-order valence-electron chi connectivity index (χ2n) is 6.11. The van der Waals surface area contributed by atoms with Crippen molar-refractivity contribution < 1.29 is 5.11 Å². The van der Waals surface area contributed by atoms with Crippen molar-refractivity contribution in [1.29, 1.82) is 0 Å². The average molecular weight is 255 g/mol. The number of piperazine rings is 1. The maximum atomic E-state index is 10.4. The van der Waals surface area contributed by atoms with E-state index in [1.807, 2.05) is 0 Å². The minimum atomic E-state index is -0.416. The summed E-state index contributed by atoms with van der Waals surface area (Å²) < 4.78 is 0. The number of hydrogen-bond acceptors (Lipinski definition) is 4. The van der Waals surface area contributed by atoms with Crippen molar-refractivity contribution in [2.75, 3.05) is 52.9 Å². The summed E-state index contributed by atoms with van der Waals surface area (Å²) in [6.45, 7) is 7.63. The summed E-state index contributed by atoms with van der Waals surface area (Å²) in [5.41, 5.74) is -0.416. The van der Waals surface area contributed by atoms with Crippen LogP contribution in [0, 0.1) is 0 Å². The van der Waals surface area contributed by atoms with Crippen LogP contribution < -0.4 is 5.32 Å². The van der Waals surface area contributed by atoms with E-state index >= 15 is 0 Å². The van der Waals surface area contributed by atoms with Gasteiger partial charge in [-0.25, -0.2) is 0 Å². The van der Waals surface area contributed by atoms with E-state index in [9.17, 15) is 5.11 Å². The van der Waals surface area contributed by atoms with E-state index in [0.717, 1.165) is 32.5 Å². The highest BCUT2D eigenvalue weighted by Crippen LogP contribution is 2.27. The Bertz CT molecular complexity index is 233. The molecule has 0 amide bonds. The maximum Gasteiger partial charge on any atom is 0.0771 e. The first-order valence-electron chi connectivity index (χ1n) is 7.52. The third-order valence-electron chi connectivity index (χ3n) is 4.44. The molecule has 0 aromatic heterocycles. The second-order valence-corrected chi connectivity index (χ2v) is 6.11. The first-order valence-corrected chi connectivity index (χ1v) is 7.52. The Kier molecular flexibility index (Phi) is 5.42. The monoisotopic (exact) mass is 255 g/mol. The summed E-state index contributed by atoms with van der Waals surface area (Å²) in [5, 5.41) is 13.8. The Labute approximate surface area is 111 Å². The topological polar surface area (TPSA) is 38.7 Å². The van der Waals surface area contributed by atoms with Gasteiger partial charge in [0.1, 0.15) is 0 Å². The summed E-state index contributed by atoms with van der Waals surface area (Å²) in [5.74, 6) is 0. The number of aliphatic hydroxyl groups is 1. The van der Waals surface area contributed by atoms with Crippen molar-refractivity contribution in [2.24, 2.45) is 0 Å². The molecule has 2 N–H and O–H groups in total. The van der Waals surface area contributed by atoms with Crippen LogP contribution in [0.25, 0.3) is 0 Å². The number of hydrogen-bond donors (Lipinski definition) is 2. The molecule has 18 heavy (non-hydrogen) atoms. The highest BCUT2D eigenvalue weighted by Gasteiger charge is 2.28. The van der Waals surface area contributed by atoms with Gasteiger partial charge >= 0.3 is 0 Å². The number of nitrogens with zero attached hydrogens (tertiary/aromatic N) is 2. The van der Waals surface area contributed by atoms with Crippen LogP contribution in [0.4, 0.5) is 0 Å². The Morgan fingerprint density at radius 1 is 1.06 bits per heavy atom. The van der Waals surface area contributed by atoms with E-state index in [4.69, 9.17) is 0 Å². The molecule has 2 rings (SSSR count). The molecule has 2 aliphatic rings. The van der Waals surface area contributed by atoms with E-state index in [-0.39, 0.29) is 0 Å². The highest BCUT2D eigenvalue weighted by molar-refractivity contribution is 4.84. The summed E-state index contributed by atoms with van der Waals surface area (Å²) in [7, 11) is 2.19. The van der Waals surface area contributed by atoms with E-state index in [1.54, 1.807) is 0 Å². The lowest BCUT2D eigenvalue weighted by molar-refractivity contribution is 0.00446. The molecule has 1 saturated heterocycles. The molecule has 1 aliphatic carbocycles. The molecule has 1 heterocycles. The van der Waals surface area contributed by atoms with Gasteiger partial charge < -0.3 is 15.3 Å². The van der Waals surface area contributed by atoms with Gasteiger partial charge in [-0.3, -0.25) is 4.90 Å². The van der Waals surface area contributed by atoms with E-state index in [0.29, 0.717) is 0 Å². The molecule has 0 unspecified atom stereocenters. The highest BCUT2D eigenvalue weighted by atomic mass is 16.3. The molecule has 106 valence electrons. The predicted molar refractivity (Wildman–Crippen MR) is 74.8 cm³/mol.